The van der Waals surface area contributed by atoms with Crippen LogP contribution in [0.15, 0.2) is 16.6 Å². The summed E-state index contributed by atoms with van der Waals surface area (Å²) in [7, 11) is 0. The molecule has 1 radical (unpaired) electrons. The van der Waals surface area contributed by atoms with E-state index in [9.17, 15) is 5.11 Å². The second-order valence-corrected chi connectivity index (χ2v) is 3.32. The molecule has 0 fully saturated rings. The van der Waals surface area contributed by atoms with E-state index in [1.807, 2.05) is 6.92 Å². The van der Waals surface area contributed by atoms with E-state index in [2.05, 4.69) is 15.9 Å². The Kier molecular flexibility index (Phi) is 2.21. The highest BCUT2D eigenvalue weighted by molar-refractivity contribution is 9.10. The fraction of sp³-hybridized carbons (Fsp3) is 0.143. The molecule has 0 saturated carbocycles. The van der Waals surface area contributed by atoms with Gasteiger partial charge in [0, 0.05) is 0 Å². The van der Waals surface area contributed by atoms with Crippen LogP contribution >= 0.6 is 27.5 Å². The normalized spacial score (nSPS) is 9.90. The van der Waals surface area contributed by atoms with E-state index in [-0.39, 0.29) is 10.8 Å². The Bertz CT molecular complexity index is 237. The molecular formula is C7H5BrClO. The van der Waals surface area contributed by atoms with Gasteiger partial charge in [0.1, 0.15) is 0 Å². The van der Waals surface area contributed by atoms with Gasteiger partial charge in [-0.3, -0.25) is 5.11 Å². The summed E-state index contributed by atoms with van der Waals surface area (Å²) >= 11 is 8.68. The fourth-order valence-electron chi connectivity index (χ4n) is 0.687. The van der Waals surface area contributed by atoms with Crippen molar-refractivity contribution in [2.45, 2.75) is 6.92 Å². The summed E-state index contributed by atoms with van der Waals surface area (Å²) in [5.74, 6) is -0.146. The molecule has 1 rings (SSSR count). The highest BCUT2D eigenvalue weighted by Crippen LogP contribution is 2.33. The Morgan fingerprint density at radius 3 is 2.60 bits per heavy atom. The van der Waals surface area contributed by atoms with Gasteiger partial charge in [-0.2, -0.15) is 0 Å². The van der Waals surface area contributed by atoms with Crippen molar-refractivity contribution >= 4 is 27.5 Å². The molecule has 0 N–H and O–H groups in total. The molecule has 3 heteroatoms. The van der Waals surface area contributed by atoms with Crippen molar-refractivity contribution in [1.29, 1.82) is 0 Å². The molecule has 0 aliphatic rings. The molecule has 0 atom stereocenters. The Hall–Kier alpha value is -0.210. The number of hydrogen-bond donors (Lipinski definition) is 0. The predicted octanol–water partition coefficient (Wildman–Crippen LogP) is 3.55. The highest BCUT2D eigenvalue weighted by Gasteiger charge is 2.05. The zero-order chi connectivity index (χ0) is 7.72. The molecule has 1 aromatic rings. The number of halogens is 2. The Morgan fingerprint density at radius 2 is 2.10 bits per heavy atom. The van der Waals surface area contributed by atoms with Crippen LogP contribution in [-0.4, -0.2) is 0 Å². The van der Waals surface area contributed by atoms with Gasteiger partial charge in [-0.25, -0.2) is 0 Å². The van der Waals surface area contributed by atoms with Crippen LogP contribution in [-0.2, 0) is 5.11 Å². The lowest BCUT2D eigenvalue weighted by Gasteiger charge is -1.97. The highest BCUT2D eigenvalue weighted by atomic mass is 79.9. The first-order chi connectivity index (χ1) is 4.61. The lowest BCUT2D eigenvalue weighted by atomic mass is 10.2. The largest absolute Gasteiger partial charge is 0.287 e. The molecular weight excluding hydrogens is 215 g/mol. The molecule has 0 aliphatic carbocycles. The SMILES string of the molecule is Cc1cc(Cl)c([O])c(Br)c1. The van der Waals surface area contributed by atoms with E-state index in [0.29, 0.717) is 4.47 Å². The molecule has 1 nitrogen and oxygen atoms in total. The Labute approximate surface area is 72.8 Å². The molecule has 0 bridgehead atoms. The van der Waals surface area contributed by atoms with Crippen LogP contribution in [0.3, 0.4) is 0 Å². The van der Waals surface area contributed by atoms with E-state index in [0.717, 1.165) is 5.56 Å². The summed E-state index contributed by atoms with van der Waals surface area (Å²) in [6.07, 6.45) is 0. The maximum Gasteiger partial charge on any atom is 0.211 e. The molecule has 0 spiro atoms. The molecule has 53 valence electrons. The van der Waals surface area contributed by atoms with E-state index >= 15 is 0 Å². The van der Waals surface area contributed by atoms with Crippen molar-refractivity contribution in [3.8, 4) is 5.75 Å². The van der Waals surface area contributed by atoms with Crippen molar-refractivity contribution in [2.75, 3.05) is 0 Å². The monoisotopic (exact) mass is 219 g/mol. The first kappa shape index (κ1) is 7.89. The maximum atomic E-state index is 10.9. The molecule has 1 aromatic carbocycles. The summed E-state index contributed by atoms with van der Waals surface area (Å²) in [6, 6.07) is 3.39. The standard InChI is InChI=1S/C7H5BrClO/c1-4-2-5(8)7(10)6(9)3-4/h2-3H,1H3. The summed E-state index contributed by atoms with van der Waals surface area (Å²) < 4.78 is 0.525. The number of benzene rings is 1. The van der Waals surface area contributed by atoms with Crippen LogP contribution in [0.4, 0.5) is 0 Å². The van der Waals surface area contributed by atoms with Gasteiger partial charge < -0.3 is 0 Å². The van der Waals surface area contributed by atoms with Crippen LogP contribution in [0.25, 0.3) is 0 Å². The maximum absolute atomic E-state index is 10.9. The second kappa shape index (κ2) is 2.81. The van der Waals surface area contributed by atoms with E-state index < -0.39 is 0 Å². The number of rotatable bonds is 0. The quantitative estimate of drug-likeness (QED) is 0.637. The van der Waals surface area contributed by atoms with Gasteiger partial charge in [0.2, 0.25) is 5.75 Å². The first-order valence-electron chi connectivity index (χ1n) is 2.74. The number of hydrogen-bond acceptors (Lipinski definition) is 0. The molecule has 0 aliphatic heterocycles. The van der Waals surface area contributed by atoms with Crippen LogP contribution in [0.1, 0.15) is 5.56 Å². The lowest BCUT2D eigenvalue weighted by molar-refractivity contribution is 0.352. The fourth-order valence-corrected chi connectivity index (χ4v) is 1.65. The summed E-state index contributed by atoms with van der Waals surface area (Å²) in [4.78, 5) is 0. The smallest absolute Gasteiger partial charge is 0.211 e. The van der Waals surface area contributed by atoms with E-state index in [1.165, 1.54) is 0 Å². The van der Waals surface area contributed by atoms with Crippen molar-refractivity contribution in [1.82, 2.24) is 0 Å². The van der Waals surface area contributed by atoms with Gasteiger partial charge in [0.15, 0.2) is 0 Å². The summed E-state index contributed by atoms with van der Waals surface area (Å²) in [5, 5.41) is 11.2. The number of aryl methyl sites for hydroxylation is 1. The molecule has 0 saturated heterocycles. The van der Waals surface area contributed by atoms with Crippen LogP contribution in [0.5, 0.6) is 5.75 Å². The molecule has 0 unspecified atom stereocenters. The van der Waals surface area contributed by atoms with Crippen LogP contribution < -0.4 is 0 Å². The van der Waals surface area contributed by atoms with Gasteiger partial charge in [0.05, 0.1) is 9.50 Å². The van der Waals surface area contributed by atoms with Crippen LogP contribution in [0.2, 0.25) is 5.02 Å². The van der Waals surface area contributed by atoms with Gasteiger partial charge in [-0.15, -0.1) is 0 Å². The zero-order valence-corrected chi connectivity index (χ0v) is 7.66. The van der Waals surface area contributed by atoms with Crippen molar-refractivity contribution < 1.29 is 5.11 Å². The van der Waals surface area contributed by atoms with Gasteiger partial charge in [-0.1, -0.05) is 11.6 Å². The third-order valence-electron chi connectivity index (χ3n) is 1.14. The van der Waals surface area contributed by atoms with E-state index in [1.54, 1.807) is 12.1 Å². The minimum Gasteiger partial charge on any atom is -0.287 e. The molecule has 0 aromatic heterocycles. The minimum atomic E-state index is -0.146. The molecule has 0 heterocycles. The van der Waals surface area contributed by atoms with Crippen molar-refractivity contribution in [3.05, 3.63) is 27.2 Å². The minimum absolute atomic E-state index is 0.146. The summed E-state index contributed by atoms with van der Waals surface area (Å²) in [5.41, 5.74) is 0.983. The van der Waals surface area contributed by atoms with Crippen molar-refractivity contribution in [3.63, 3.8) is 0 Å². The van der Waals surface area contributed by atoms with Crippen molar-refractivity contribution in [2.24, 2.45) is 0 Å². The Balaban J connectivity index is 3.31. The molecule has 10 heavy (non-hydrogen) atoms. The summed E-state index contributed by atoms with van der Waals surface area (Å²) in [6.45, 7) is 1.88. The van der Waals surface area contributed by atoms with E-state index in [4.69, 9.17) is 11.6 Å². The molecule has 0 amide bonds. The third kappa shape index (κ3) is 1.44. The van der Waals surface area contributed by atoms with Gasteiger partial charge in [-0.05, 0) is 40.5 Å². The zero-order valence-electron chi connectivity index (χ0n) is 5.32. The average Bonchev–Trinajstić information content (AvgIpc) is 1.82. The van der Waals surface area contributed by atoms with Gasteiger partial charge >= 0.3 is 0 Å². The lowest BCUT2D eigenvalue weighted by Crippen LogP contribution is -1.73. The van der Waals surface area contributed by atoms with Crippen LogP contribution in [0, 0.1) is 6.92 Å². The third-order valence-corrected chi connectivity index (χ3v) is 2.01. The predicted molar refractivity (Wildman–Crippen MR) is 44.0 cm³/mol. The average molecular weight is 220 g/mol. The second-order valence-electron chi connectivity index (χ2n) is 2.06. The first-order valence-corrected chi connectivity index (χ1v) is 3.91. The van der Waals surface area contributed by atoms with Gasteiger partial charge in [0.25, 0.3) is 0 Å². The Morgan fingerprint density at radius 1 is 1.50 bits per heavy atom. The topological polar surface area (TPSA) is 19.9 Å².